The minimum absolute atomic E-state index is 0.116. The Bertz CT molecular complexity index is 408. The largest absolute Gasteiger partial charge is 0.497 e. The second kappa shape index (κ2) is 6.57. The Hall–Kier alpha value is -1.55. The van der Waals surface area contributed by atoms with Crippen LogP contribution in [0.1, 0.15) is 30.9 Å². The van der Waals surface area contributed by atoms with E-state index in [4.69, 9.17) is 9.47 Å². The molecule has 0 aromatic heterocycles. The first-order chi connectivity index (χ1) is 9.22. The third kappa shape index (κ3) is 3.70. The maximum atomic E-state index is 11.2. The van der Waals surface area contributed by atoms with Gasteiger partial charge in [0.15, 0.2) is 0 Å². The third-order valence-electron chi connectivity index (χ3n) is 3.72. The van der Waals surface area contributed by atoms with Gasteiger partial charge in [0, 0.05) is 12.5 Å². The minimum Gasteiger partial charge on any atom is -0.497 e. The van der Waals surface area contributed by atoms with Gasteiger partial charge in [-0.3, -0.25) is 4.79 Å². The van der Waals surface area contributed by atoms with E-state index in [1.54, 1.807) is 7.11 Å². The first kappa shape index (κ1) is 13.9. The zero-order valence-corrected chi connectivity index (χ0v) is 11.5. The van der Waals surface area contributed by atoms with Crippen molar-refractivity contribution >= 4 is 5.97 Å². The van der Waals surface area contributed by atoms with E-state index in [-0.39, 0.29) is 5.97 Å². The predicted molar refractivity (Wildman–Crippen MR) is 73.1 cm³/mol. The van der Waals surface area contributed by atoms with E-state index in [9.17, 15) is 4.79 Å². The molecule has 4 nitrogen and oxygen atoms in total. The van der Waals surface area contributed by atoms with Gasteiger partial charge in [0.1, 0.15) is 5.75 Å². The molecular formula is C15H21NO3. The van der Waals surface area contributed by atoms with Crippen molar-refractivity contribution in [1.29, 1.82) is 0 Å². The molecule has 1 N–H and O–H groups in total. The molecule has 0 radical (unpaired) electrons. The van der Waals surface area contributed by atoms with Gasteiger partial charge in [0.2, 0.25) is 0 Å². The molecule has 1 aliphatic rings. The lowest BCUT2D eigenvalue weighted by atomic mass is 9.89. The molecule has 0 saturated carbocycles. The molecule has 0 bridgehead atoms. The first-order valence-electron chi connectivity index (χ1n) is 6.67. The Morgan fingerprint density at radius 3 is 2.53 bits per heavy atom. The number of ether oxygens (including phenoxy) is 2. The summed E-state index contributed by atoms with van der Waals surface area (Å²) in [5, 5.41) is 3.50. The SMILES string of the molecule is COC(=O)C[C@H]1CC[C@@H](c2ccc(OC)cc2)NC1. The number of carbonyl (C=O) groups is 1. The molecule has 0 aliphatic carbocycles. The van der Waals surface area contributed by atoms with Crippen LogP contribution in [-0.4, -0.2) is 26.7 Å². The summed E-state index contributed by atoms with van der Waals surface area (Å²) in [6.45, 7) is 0.867. The standard InChI is InChI=1S/C15H21NO3/c1-18-13-6-4-12(5-7-13)14-8-3-11(10-16-14)9-15(17)19-2/h4-7,11,14,16H,3,8-10H2,1-2H3/t11-,14+/m1/s1. The van der Waals surface area contributed by atoms with E-state index >= 15 is 0 Å². The number of piperidine rings is 1. The number of rotatable bonds is 4. The molecule has 0 amide bonds. The lowest BCUT2D eigenvalue weighted by Crippen LogP contribution is -2.34. The zero-order valence-electron chi connectivity index (χ0n) is 11.5. The summed E-state index contributed by atoms with van der Waals surface area (Å²) in [5.74, 6) is 1.15. The summed E-state index contributed by atoms with van der Waals surface area (Å²) in [6, 6.07) is 8.53. The van der Waals surface area contributed by atoms with Gasteiger partial charge < -0.3 is 14.8 Å². The van der Waals surface area contributed by atoms with E-state index in [2.05, 4.69) is 17.4 Å². The fourth-order valence-electron chi connectivity index (χ4n) is 2.53. The number of nitrogens with one attached hydrogen (secondary N) is 1. The van der Waals surface area contributed by atoms with Crippen molar-refractivity contribution in [2.24, 2.45) is 5.92 Å². The number of hydrogen-bond donors (Lipinski definition) is 1. The summed E-state index contributed by atoms with van der Waals surface area (Å²) >= 11 is 0. The Morgan fingerprint density at radius 2 is 2.00 bits per heavy atom. The molecule has 1 fully saturated rings. The van der Waals surface area contributed by atoms with Gasteiger partial charge in [-0.1, -0.05) is 12.1 Å². The Kier molecular flexibility index (Phi) is 4.80. The molecule has 1 aliphatic heterocycles. The highest BCUT2D eigenvalue weighted by Crippen LogP contribution is 2.28. The maximum absolute atomic E-state index is 11.2. The van der Waals surface area contributed by atoms with Gasteiger partial charge in [-0.05, 0) is 43.0 Å². The normalized spacial score (nSPS) is 22.8. The van der Waals surface area contributed by atoms with Crippen LogP contribution in [0, 0.1) is 5.92 Å². The number of hydrogen-bond acceptors (Lipinski definition) is 4. The van der Waals surface area contributed by atoms with E-state index in [1.807, 2.05) is 12.1 Å². The minimum atomic E-state index is -0.116. The van der Waals surface area contributed by atoms with Crippen LogP contribution < -0.4 is 10.1 Å². The molecule has 2 rings (SSSR count). The fourth-order valence-corrected chi connectivity index (χ4v) is 2.53. The Morgan fingerprint density at radius 1 is 1.26 bits per heavy atom. The highest BCUT2D eigenvalue weighted by atomic mass is 16.5. The maximum Gasteiger partial charge on any atom is 0.305 e. The number of esters is 1. The monoisotopic (exact) mass is 263 g/mol. The second-order valence-electron chi connectivity index (χ2n) is 4.96. The van der Waals surface area contributed by atoms with Crippen LogP contribution >= 0.6 is 0 Å². The fraction of sp³-hybridized carbons (Fsp3) is 0.533. The number of benzene rings is 1. The van der Waals surface area contributed by atoms with Crippen molar-refractivity contribution in [1.82, 2.24) is 5.32 Å². The van der Waals surface area contributed by atoms with Crippen molar-refractivity contribution in [3.63, 3.8) is 0 Å². The molecule has 1 saturated heterocycles. The van der Waals surface area contributed by atoms with Crippen LogP contribution in [0.2, 0.25) is 0 Å². The van der Waals surface area contributed by atoms with Gasteiger partial charge in [0.25, 0.3) is 0 Å². The smallest absolute Gasteiger partial charge is 0.305 e. The van der Waals surface area contributed by atoms with Gasteiger partial charge in [-0.15, -0.1) is 0 Å². The average Bonchev–Trinajstić information content (AvgIpc) is 2.48. The molecule has 4 heteroatoms. The number of methoxy groups -OCH3 is 2. The van der Waals surface area contributed by atoms with Gasteiger partial charge in [-0.2, -0.15) is 0 Å². The zero-order chi connectivity index (χ0) is 13.7. The lowest BCUT2D eigenvalue weighted by molar-refractivity contribution is -0.141. The summed E-state index contributed by atoms with van der Waals surface area (Å²) in [4.78, 5) is 11.2. The van der Waals surface area contributed by atoms with Crippen molar-refractivity contribution in [2.75, 3.05) is 20.8 Å². The van der Waals surface area contributed by atoms with Crippen molar-refractivity contribution < 1.29 is 14.3 Å². The van der Waals surface area contributed by atoms with Gasteiger partial charge >= 0.3 is 5.97 Å². The van der Waals surface area contributed by atoms with Crippen molar-refractivity contribution in [3.05, 3.63) is 29.8 Å². The van der Waals surface area contributed by atoms with Gasteiger partial charge in [0.05, 0.1) is 14.2 Å². The van der Waals surface area contributed by atoms with Crippen LogP contribution in [0.5, 0.6) is 5.75 Å². The summed E-state index contributed by atoms with van der Waals surface area (Å²) in [7, 11) is 3.12. The van der Waals surface area contributed by atoms with Gasteiger partial charge in [-0.25, -0.2) is 0 Å². The van der Waals surface area contributed by atoms with Crippen LogP contribution in [0.3, 0.4) is 0 Å². The van der Waals surface area contributed by atoms with E-state index in [1.165, 1.54) is 12.7 Å². The Labute approximate surface area is 114 Å². The number of carbonyl (C=O) groups excluding carboxylic acids is 1. The average molecular weight is 263 g/mol. The molecule has 1 heterocycles. The summed E-state index contributed by atoms with van der Waals surface area (Å²) < 4.78 is 9.87. The van der Waals surface area contributed by atoms with Crippen molar-refractivity contribution in [2.45, 2.75) is 25.3 Å². The topological polar surface area (TPSA) is 47.6 Å². The molecule has 104 valence electrons. The molecular weight excluding hydrogens is 242 g/mol. The van der Waals surface area contributed by atoms with Crippen LogP contribution in [0.4, 0.5) is 0 Å². The summed E-state index contributed by atoms with van der Waals surface area (Å²) in [6.07, 6.45) is 2.62. The van der Waals surface area contributed by atoms with Crippen LogP contribution in [-0.2, 0) is 9.53 Å². The van der Waals surface area contributed by atoms with Crippen LogP contribution in [0.15, 0.2) is 24.3 Å². The van der Waals surface area contributed by atoms with Crippen LogP contribution in [0.25, 0.3) is 0 Å². The van der Waals surface area contributed by atoms with E-state index in [0.717, 1.165) is 25.1 Å². The highest BCUT2D eigenvalue weighted by molar-refractivity contribution is 5.69. The molecule has 0 unspecified atom stereocenters. The quantitative estimate of drug-likeness (QED) is 0.847. The highest BCUT2D eigenvalue weighted by Gasteiger charge is 2.23. The molecule has 19 heavy (non-hydrogen) atoms. The second-order valence-corrected chi connectivity index (χ2v) is 4.96. The summed E-state index contributed by atoms with van der Waals surface area (Å²) in [5.41, 5.74) is 1.28. The lowest BCUT2D eigenvalue weighted by Gasteiger charge is -2.29. The first-order valence-corrected chi connectivity index (χ1v) is 6.67. The predicted octanol–water partition coefficient (Wildman–Crippen LogP) is 2.30. The third-order valence-corrected chi connectivity index (χ3v) is 3.72. The molecule has 0 spiro atoms. The molecule has 1 aromatic carbocycles. The van der Waals surface area contributed by atoms with Crippen molar-refractivity contribution in [3.8, 4) is 5.75 Å². The van der Waals surface area contributed by atoms with E-state index in [0.29, 0.717) is 18.4 Å². The van der Waals surface area contributed by atoms with E-state index < -0.39 is 0 Å². The molecule has 1 aromatic rings. The molecule has 2 atom stereocenters. The Balaban J connectivity index is 1.86.